The monoisotopic (exact) mass is 406 g/mol. The molecule has 0 amide bonds. The van der Waals surface area contributed by atoms with Crippen molar-refractivity contribution in [2.75, 3.05) is 6.61 Å². The SMILES string of the molecule is CC.CC1CC2C(C(O)CC3(C)C2CCC3(O)C(=O)CO)C2(C)CCC(=O)C=C12. The molecule has 3 saturated carbocycles. The maximum atomic E-state index is 12.4. The van der Waals surface area contributed by atoms with Gasteiger partial charge in [-0.05, 0) is 67.3 Å². The molecular weight excluding hydrogens is 368 g/mol. The van der Waals surface area contributed by atoms with E-state index in [4.69, 9.17) is 0 Å². The maximum absolute atomic E-state index is 12.4. The van der Waals surface area contributed by atoms with Gasteiger partial charge in [-0.15, -0.1) is 0 Å². The number of hydrogen-bond donors (Lipinski definition) is 3. The first-order valence-corrected chi connectivity index (χ1v) is 11.4. The van der Waals surface area contributed by atoms with Crippen LogP contribution in [0.3, 0.4) is 0 Å². The molecule has 0 aliphatic heterocycles. The number of Topliss-reactive ketones (excluding diaryl/α,β-unsaturated/α-hetero) is 1. The van der Waals surface area contributed by atoms with Gasteiger partial charge in [0, 0.05) is 11.8 Å². The van der Waals surface area contributed by atoms with Crippen LogP contribution in [0.2, 0.25) is 0 Å². The van der Waals surface area contributed by atoms with Gasteiger partial charge in [-0.1, -0.05) is 40.2 Å². The molecule has 0 aromatic rings. The number of fused-ring (bicyclic) bond motifs is 5. The van der Waals surface area contributed by atoms with E-state index in [0.717, 1.165) is 19.3 Å². The van der Waals surface area contributed by atoms with E-state index in [1.165, 1.54) is 5.57 Å². The van der Waals surface area contributed by atoms with Crippen molar-refractivity contribution in [1.82, 2.24) is 0 Å². The van der Waals surface area contributed by atoms with Gasteiger partial charge in [0.25, 0.3) is 0 Å². The molecule has 29 heavy (non-hydrogen) atoms. The number of carbonyl (C=O) groups excluding carboxylic acids is 2. The Balaban J connectivity index is 0.00000117. The molecular formula is C24H38O5. The van der Waals surface area contributed by atoms with Crippen molar-refractivity contribution in [3.05, 3.63) is 11.6 Å². The molecule has 4 aliphatic carbocycles. The Labute approximate surface area is 174 Å². The van der Waals surface area contributed by atoms with E-state index >= 15 is 0 Å². The van der Waals surface area contributed by atoms with Gasteiger partial charge in [0.15, 0.2) is 11.6 Å². The molecule has 5 heteroatoms. The number of rotatable bonds is 2. The molecule has 0 spiro atoms. The predicted octanol–water partition coefficient (Wildman–Crippen LogP) is 3.05. The van der Waals surface area contributed by atoms with E-state index in [9.17, 15) is 24.9 Å². The van der Waals surface area contributed by atoms with E-state index in [0.29, 0.717) is 19.3 Å². The molecule has 5 nitrogen and oxygen atoms in total. The lowest BCUT2D eigenvalue weighted by Crippen LogP contribution is -2.62. The lowest BCUT2D eigenvalue weighted by atomic mass is 9.44. The first-order valence-electron chi connectivity index (χ1n) is 11.4. The van der Waals surface area contributed by atoms with Crippen LogP contribution in [0.25, 0.3) is 0 Å². The fourth-order valence-corrected chi connectivity index (χ4v) is 7.71. The summed E-state index contributed by atoms with van der Waals surface area (Å²) in [6.45, 7) is 9.63. The third-order valence-corrected chi connectivity index (χ3v) is 8.97. The first kappa shape index (κ1) is 22.6. The molecule has 0 heterocycles. The largest absolute Gasteiger partial charge is 0.393 e. The summed E-state index contributed by atoms with van der Waals surface area (Å²) in [6, 6.07) is 0. The van der Waals surface area contributed by atoms with Gasteiger partial charge in [-0.3, -0.25) is 9.59 Å². The Hall–Kier alpha value is -1.04. The number of ketones is 2. The molecule has 3 N–H and O–H groups in total. The first-order chi connectivity index (χ1) is 13.6. The molecule has 0 radical (unpaired) electrons. The summed E-state index contributed by atoms with van der Waals surface area (Å²) in [4.78, 5) is 24.5. The van der Waals surface area contributed by atoms with E-state index in [2.05, 4.69) is 13.8 Å². The van der Waals surface area contributed by atoms with Gasteiger partial charge in [0.2, 0.25) is 0 Å². The van der Waals surface area contributed by atoms with Crippen LogP contribution in [0.4, 0.5) is 0 Å². The van der Waals surface area contributed by atoms with E-state index in [1.807, 2.05) is 26.8 Å². The normalized spacial score (nSPS) is 48.5. The summed E-state index contributed by atoms with van der Waals surface area (Å²) in [7, 11) is 0. The minimum atomic E-state index is -1.55. The lowest BCUT2D eigenvalue weighted by molar-refractivity contribution is -0.184. The Kier molecular flexibility index (Phi) is 5.92. The zero-order valence-electron chi connectivity index (χ0n) is 18.6. The van der Waals surface area contributed by atoms with Gasteiger partial charge in [-0.25, -0.2) is 0 Å². The number of carbonyl (C=O) groups is 2. The molecule has 0 aromatic carbocycles. The topological polar surface area (TPSA) is 94.8 Å². The molecule has 0 aromatic heterocycles. The average molecular weight is 407 g/mol. The van der Waals surface area contributed by atoms with Gasteiger partial charge >= 0.3 is 0 Å². The highest BCUT2D eigenvalue weighted by Crippen LogP contribution is 2.68. The third kappa shape index (κ3) is 2.99. The van der Waals surface area contributed by atoms with Crippen LogP contribution >= 0.6 is 0 Å². The van der Waals surface area contributed by atoms with Crippen LogP contribution in [0, 0.1) is 34.5 Å². The van der Waals surface area contributed by atoms with Crippen LogP contribution in [-0.4, -0.2) is 45.2 Å². The van der Waals surface area contributed by atoms with Crippen LogP contribution in [0.15, 0.2) is 11.6 Å². The van der Waals surface area contributed by atoms with Crippen molar-refractivity contribution < 1.29 is 24.9 Å². The number of allylic oxidation sites excluding steroid dienone is 1. The molecule has 4 aliphatic rings. The van der Waals surface area contributed by atoms with Crippen LogP contribution < -0.4 is 0 Å². The van der Waals surface area contributed by atoms with Crippen molar-refractivity contribution in [2.45, 2.75) is 84.8 Å². The second-order valence-corrected chi connectivity index (χ2v) is 10.1. The number of aliphatic hydroxyl groups is 3. The fraction of sp³-hybridized carbons (Fsp3) is 0.833. The zero-order chi connectivity index (χ0) is 21.8. The van der Waals surface area contributed by atoms with Crippen molar-refractivity contribution in [3.63, 3.8) is 0 Å². The van der Waals surface area contributed by atoms with Crippen molar-refractivity contribution >= 4 is 11.6 Å². The summed E-state index contributed by atoms with van der Waals surface area (Å²) in [5.41, 5.74) is -1.28. The van der Waals surface area contributed by atoms with Crippen LogP contribution in [-0.2, 0) is 9.59 Å². The fourth-order valence-electron chi connectivity index (χ4n) is 7.71. The third-order valence-electron chi connectivity index (χ3n) is 8.97. The van der Waals surface area contributed by atoms with E-state index in [-0.39, 0.29) is 34.9 Å². The summed E-state index contributed by atoms with van der Waals surface area (Å²) < 4.78 is 0. The predicted molar refractivity (Wildman–Crippen MR) is 111 cm³/mol. The van der Waals surface area contributed by atoms with Crippen molar-refractivity contribution in [2.24, 2.45) is 34.5 Å². The van der Waals surface area contributed by atoms with Crippen LogP contribution in [0.5, 0.6) is 0 Å². The quantitative estimate of drug-likeness (QED) is 0.655. The van der Waals surface area contributed by atoms with E-state index < -0.39 is 29.5 Å². The van der Waals surface area contributed by atoms with Gasteiger partial charge in [0.1, 0.15) is 12.2 Å². The maximum Gasteiger partial charge on any atom is 0.190 e. The zero-order valence-corrected chi connectivity index (χ0v) is 18.6. The van der Waals surface area contributed by atoms with Gasteiger partial charge < -0.3 is 15.3 Å². The number of aliphatic hydroxyl groups excluding tert-OH is 2. The second kappa shape index (κ2) is 7.58. The Morgan fingerprint density at radius 3 is 2.52 bits per heavy atom. The highest BCUT2D eigenvalue weighted by Gasteiger charge is 2.68. The molecule has 0 bridgehead atoms. The molecule has 164 valence electrons. The van der Waals surface area contributed by atoms with Gasteiger partial charge in [-0.2, -0.15) is 0 Å². The summed E-state index contributed by atoms with van der Waals surface area (Å²) in [5.74, 6) is 0.341. The Bertz CT molecular complexity index is 714. The smallest absolute Gasteiger partial charge is 0.190 e. The van der Waals surface area contributed by atoms with Crippen LogP contribution in [0.1, 0.15) is 73.1 Å². The second-order valence-electron chi connectivity index (χ2n) is 10.1. The summed E-state index contributed by atoms with van der Waals surface area (Å²) >= 11 is 0. The van der Waals surface area contributed by atoms with Crippen molar-refractivity contribution in [1.29, 1.82) is 0 Å². The minimum absolute atomic E-state index is 0.0534. The Morgan fingerprint density at radius 1 is 1.24 bits per heavy atom. The molecule has 3 fully saturated rings. The van der Waals surface area contributed by atoms with E-state index in [1.54, 1.807) is 0 Å². The average Bonchev–Trinajstić information content (AvgIpc) is 2.95. The Morgan fingerprint density at radius 2 is 1.90 bits per heavy atom. The summed E-state index contributed by atoms with van der Waals surface area (Å²) in [6.07, 6.45) is 4.84. The molecule has 0 saturated heterocycles. The standard InChI is InChI=1S/C22H32O5.C2H6/c1-12-8-14-15-5-7-22(27,18(26)11-23)21(15,3)10-17(25)19(14)20(2)6-4-13(24)9-16(12)20;1-2/h9,12,14-15,17,19,23,25,27H,4-8,10-11H2,1-3H3;1-2H3. The number of hydrogen-bond acceptors (Lipinski definition) is 5. The molecule has 8 unspecified atom stereocenters. The van der Waals surface area contributed by atoms with Gasteiger partial charge in [0.05, 0.1) is 6.10 Å². The highest BCUT2D eigenvalue weighted by molar-refractivity contribution is 5.92. The minimum Gasteiger partial charge on any atom is -0.393 e. The highest BCUT2D eigenvalue weighted by atomic mass is 16.3. The van der Waals surface area contributed by atoms with Crippen molar-refractivity contribution in [3.8, 4) is 0 Å². The lowest BCUT2D eigenvalue weighted by Gasteiger charge is -2.61. The molecule has 8 atom stereocenters. The molecule has 4 rings (SSSR count). The summed E-state index contributed by atoms with van der Waals surface area (Å²) in [5, 5.41) is 31.9.